The van der Waals surface area contributed by atoms with Gasteiger partial charge in [0.25, 0.3) is 0 Å². The highest BCUT2D eigenvalue weighted by molar-refractivity contribution is 7.26. The predicted octanol–water partition coefficient (Wildman–Crippen LogP) is 16.5. The van der Waals surface area contributed by atoms with Crippen LogP contribution in [0.2, 0.25) is 0 Å². The smallest absolute Gasteiger partial charge is 0.143 e. The van der Waals surface area contributed by atoms with E-state index in [0.717, 1.165) is 66.5 Å². The number of hydrogen-bond donors (Lipinski definition) is 0. The normalized spacial score (nSPS) is 12.2. The number of para-hydroxylation sites is 2. The summed E-state index contributed by atoms with van der Waals surface area (Å²) in [5, 5.41) is 9.51. The number of benzene rings is 9. The van der Waals surface area contributed by atoms with Crippen molar-refractivity contribution in [1.29, 1.82) is 0 Å². The Bertz CT molecular complexity index is 3470. The van der Waals surface area contributed by atoms with Gasteiger partial charge in [-0.1, -0.05) is 183 Å². The summed E-state index contributed by atoms with van der Waals surface area (Å²) in [6, 6.07) is 67.2. The number of fused-ring (bicyclic) bond motifs is 9. The minimum Gasteiger partial charge on any atom is -0.455 e. The number of anilines is 2. The summed E-state index contributed by atoms with van der Waals surface area (Å²) in [6.07, 6.45) is 8.43. The Morgan fingerprint density at radius 2 is 1.08 bits per heavy atom. The summed E-state index contributed by atoms with van der Waals surface area (Å²) in [7, 11) is 0. The summed E-state index contributed by atoms with van der Waals surface area (Å²) < 4.78 is 9.38. The average Bonchev–Trinajstić information content (AvgIpc) is 3.88. The molecule has 11 rings (SSSR count). The first-order valence-corrected chi connectivity index (χ1v) is 20.8. The lowest BCUT2D eigenvalue weighted by atomic mass is 9.97. The Labute approximate surface area is 346 Å². The summed E-state index contributed by atoms with van der Waals surface area (Å²) in [6.45, 7) is 4.40. The lowest BCUT2D eigenvalue weighted by Crippen LogP contribution is -2.16. The van der Waals surface area contributed by atoms with Crippen molar-refractivity contribution < 1.29 is 4.42 Å². The molecular formula is C56H37NOS. The minimum atomic E-state index is 0.877. The first-order chi connectivity index (χ1) is 29.2. The fraction of sp³-hybridized carbons (Fsp3) is 0. The van der Waals surface area contributed by atoms with Crippen LogP contribution in [0, 0.1) is 0 Å². The standard InChI is InChI=1S/C56H37NOS/c1-2-41(19-11-15-37-31-33-40(34-32-37)43-24-12-18-38-16-3-5-20-42(38)43)57(52-29-14-27-50-46-23-8-10-30-53(46)59-56(50)52)51-28-9-7-22-45(51)47-25-13-26-48-49-36-35-39-17-4-6-21-44(39)54(49)58-55(47)48/h2-36H,1H2/b15-11+,41-19+. The SMILES string of the molecule is C=C/C(=C\C=C\c1ccc(-c2cccc3ccccc23)cc1)N(c1ccccc1-c1cccc2c1oc1c3ccccc3ccc21)c1cccc2c1sc1ccccc12. The summed E-state index contributed by atoms with van der Waals surface area (Å²) in [5.74, 6) is 0. The maximum absolute atomic E-state index is 6.90. The van der Waals surface area contributed by atoms with E-state index in [1.54, 1.807) is 0 Å². The zero-order chi connectivity index (χ0) is 39.3. The molecule has 0 amide bonds. The highest BCUT2D eigenvalue weighted by atomic mass is 32.1. The van der Waals surface area contributed by atoms with Crippen molar-refractivity contribution in [1.82, 2.24) is 0 Å². The molecular weight excluding hydrogens is 735 g/mol. The number of rotatable bonds is 8. The van der Waals surface area contributed by atoms with E-state index < -0.39 is 0 Å². The summed E-state index contributed by atoms with van der Waals surface area (Å²) >= 11 is 1.83. The molecule has 0 saturated carbocycles. The van der Waals surface area contributed by atoms with E-state index in [-0.39, 0.29) is 0 Å². The van der Waals surface area contributed by atoms with Gasteiger partial charge in [-0.25, -0.2) is 0 Å². The van der Waals surface area contributed by atoms with Crippen LogP contribution in [-0.4, -0.2) is 0 Å². The fourth-order valence-corrected chi connectivity index (χ4v) is 9.90. The molecule has 0 aliphatic carbocycles. The lowest BCUT2D eigenvalue weighted by molar-refractivity contribution is 0.674. The third-order valence-corrected chi connectivity index (χ3v) is 12.7. The van der Waals surface area contributed by atoms with E-state index in [1.165, 1.54) is 42.1 Å². The molecule has 11 aromatic rings. The Kier molecular flexibility index (Phi) is 8.53. The number of furan rings is 1. The van der Waals surface area contributed by atoms with Crippen molar-refractivity contribution in [2.45, 2.75) is 0 Å². The van der Waals surface area contributed by atoms with Crippen LogP contribution in [0.25, 0.3) is 92.0 Å². The molecule has 278 valence electrons. The van der Waals surface area contributed by atoms with Crippen LogP contribution in [0.3, 0.4) is 0 Å². The summed E-state index contributed by atoms with van der Waals surface area (Å²) in [5.41, 5.74) is 10.5. The van der Waals surface area contributed by atoms with Crippen LogP contribution in [0.1, 0.15) is 5.56 Å². The highest BCUT2D eigenvalue weighted by Crippen LogP contribution is 2.47. The number of nitrogens with zero attached hydrogens (tertiary/aromatic N) is 1. The van der Waals surface area contributed by atoms with Crippen molar-refractivity contribution >= 4 is 92.4 Å². The van der Waals surface area contributed by atoms with Crippen molar-refractivity contribution in [2.24, 2.45) is 0 Å². The van der Waals surface area contributed by atoms with Gasteiger partial charge in [-0.3, -0.25) is 0 Å². The first-order valence-electron chi connectivity index (χ1n) is 20.0. The molecule has 0 aliphatic rings. The molecule has 0 bridgehead atoms. The second-order valence-corrected chi connectivity index (χ2v) is 15.9. The second kappa shape index (κ2) is 14.5. The number of allylic oxidation sites excluding steroid dienone is 3. The molecule has 59 heavy (non-hydrogen) atoms. The Balaban J connectivity index is 1.06. The topological polar surface area (TPSA) is 16.4 Å². The quantitative estimate of drug-likeness (QED) is 0.143. The van der Waals surface area contributed by atoms with E-state index >= 15 is 0 Å². The van der Waals surface area contributed by atoms with Gasteiger partial charge in [-0.2, -0.15) is 0 Å². The molecule has 0 unspecified atom stereocenters. The Morgan fingerprint density at radius 1 is 0.475 bits per heavy atom. The second-order valence-electron chi connectivity index (χ2n) is 14.9. The van der Waals surface area contributed by atoms with Crippen molar-refractivity contribution in [3.05, 3.63) is 224 Å². The Hall–Kier alpha value is -7.46. The van der Waals surface area contributed by atoms with Gasteiger partial charge in [-0.05, 0) is 69.3 Å². The molecule has 2 aromatic heterocycles. The van der Waals surface area contributed by atoms with Crippen molar-refractivity contribution in [2.75, 3.05) is 4.90 Å². The maximum Gasteiger partial charge on any atom is 0.143 e. The van der Waals surface area contributed by atoms with Crippen LogP contribution >= 0.6 is 11.3 Å². The Morgan fingerprint density at radius 3 is 1.95 bits per heavy atom. The molecule has 0 spiro atoms. The fourth-order valence-electron chi connectivity index (χ4n) is 8.69. The molecule has 0 fully saturated rings. The van der Waals surface area contributed by atoms with Crippen LogP contribution in [-0.2, 0) is 0 Å². The third kappa shape index (κ3) is 5.94. The molecule has 0 N–H and O–H groups in total. The van der Waals surface area contributed by atoms with Gasteiger partial charge in [-0.15, -0.1) is 11.3 Å². The van der Waals surface area contributed by atoms with Crippen LogP contribution in [0.15, 0.2) is 223 Å². The highest BCUT2D eigenvalue weighted by Gasteiger charge is 2.23. The van der Waals surface area contributed by atoms with E-state index in [0.29, 0.717) is 0 Å². The van der Waals surface area contributed by atoms with E-state index in [1.807, 2.05) is 17.4 Å². The maximum atomic E-state index is 6.90. The van der Waals surface area contributed by atoms with Crippen LogP contribution < -0.4 is 4.90 Å². The van der Waals surface area contributed by atoms with Gasteiger partial charge in [0.1, 0.15) is 11.2 Å². The molecule has 2 nitrogen and oxygen atoms in total. The minimum absolute atomic E-state index is 0.877. The van der Waals surface area contributed by atoms with E-state index in [9.17, 15) is 0 Å². The third-order valence-electron chi connectivity index (χ3n) is 11.5. The zero-order valence-electron chi connectivity index (χ0n) is 32.2. The molecule has 0 saturated heterocycles. The molecule has 0 atom stereocenters. The average molecular weight is 772 g/mol. The van der Waals surface area contributed by atoms with E-state index in [4.69, 9.17) is 4.42 Å². The van der Waals surface area contributed by atoms with Gasteiger partial charge in [0.05, 0.1) is 16.1 Å². The molecule has 9 aromatic carbocycles. The van der Waals surface area contributed by atoms with Gasteiger partial charge in [0, 0.05) is 48.5 Å². The number of hydrogen-bond acceptors (Lipinski definition) is 3. The van der Waals surface area contributed by atoms with Crippen LogP contribution in [0.5, 0.6) is 0 Å². The monoisotopic (exact) mass is 771 g/mol. The predicted molar refractivity (Wildman–Crippen MR) is 255 cm³/mol. The lowest BCUT2D eigenvalue weighted by Gasteiger charge is -2.29. The van der Waals surface area contributed by atoms with Crippen molar-refractivity contribution in [3.8, 4) is 22.3 Å². The van der Waals surface area contributed by atoms with Crippen LogP contribution in [0.4, 0.5) is 11.4 Å². The molecule has 0 aliphatic heterocycles. The van der Waals surface area contributed by atoms with Gasteiger partial charge in [0.2, 0.25) is 0 Å². The van der Waals surface area contributed by atoms with Gasteiger partial charge >= 0.3 is 0 Å². The summed E-state index contributed by atoms with van der Waals surface area (Å²) in [4.78, 5) is 2.37. The first kappa shape index (κ1) is 34.8. The largest absolute Gasteiger partial charge is 0.455 e. The molecule has 3 heteroatoms. The van der Waals surface area contributed by atoms with Crippen molar-refractivity contribution in [3.63, 3.8) is 0 Å². The zero-order valence-corrected chi connectivity index (χ0v) is 33.0. The van der Waals surface area contributed by atoms with E-state index in [2.05, 4.69) is 218 Å². The van der Waals surface area contributed by atoms with Gasteiger partial charge in [0.15, 0.2) is 0 Å². The molecule has 0 radical (unpaired) electrons. The van der Waals surface area contributed by atoms with Gasteiger partial charge < -0.3 is 9.32 Å². The number of thiophene rings is 1. The molecule has 2 heterocycles.